The van der Waals surface area contributed by atoms with E-state index in [-0.39, 0.29) is 48.5 Å². The molecule has 1 saturated heterocycles. The number of carbonyl (C=O) groups excluding carboxylic acids is 1. The number of rotatable bonds is 7. The fraction of sp³-hybridized carbons (Fsp3) is 0.538. The number of hydrogen-bond acceptors (Lipinski definition) is 4. The van der Waals surface area contributed by atoms with Gasteiger partial charge in [0.25, 0.3) is 17.9 Å². The van der Waals surface area contributed by atoms with Crippen LogP contribution >= 0.6 is 0 Å². The van der Waals surface area contributed by atoms with Crippen molar-refractivity contribution in [3.63, 3.8) is 0 Å². The van der Waals surface area contributed by atoms with Gasteiger partial charge < -0.3 is 15.5 Å². The summed E-state index contributed by atoms with van der Waals surface area (Å²) in [5.41, 5.74) is -4.45. The van der Waals surface area contributed by atoms with Crippen LogP contribution in [0.15, 0.2) is 35.3 Å². The van der Waals surface area contributed by atoms with Gasteiger partial charge in [-0.2, -0.15) is 13.2 Å². The first kappa shape index (κ1) is 28.0. The number of anilines is 1. The van der Waals surface area contributed by atoms with Gasteiger partial charge >= 0.3 is 6.18 Å². The number of halogens is 6. The number of hydrogen-bond donors (Lipinski definition) is 2. The summed E-state index contributed by atoms with van der Waals surface area (Å²) in [7, 11) is 1.95. The lowest BCUT2D eigenvalue weighted by molar-refractivity contribution is -0.214. The van der Waals surface area contributed by atoms with Crippen LogP contribution in [0.1, 0.15) is 66.4 Å². The van der Waals surface area contributed by atoms with Crippen LogP contribution in [0, 0.1) is 5.82 Å². The Kier molecular flexibility index (Phi) is 8.10. The summed E-state index contributed by atoms with van der Waals surface area (Å²) in [6.07, 6.45) is -5.47. The van der Waals surface area contributed by atoms with Crippen LogP contribution in [0.2, 0.25) is 0 Å². The highest BCUT2D eigenvalue weighted by molar-refractivity contribution is 5.99. The van der Waals surface area contributed by atoms with Crippen molar-refractivity contribution in [1.29, 1.82) is 0 Å². The smallest absolute Gasteiger partial charge is 0.381 e. The lowest BCUT2D eigenvalue weighted by Gasteiger charge is -2.35. The van der Waals surface area contributed by atoms with Crippen LogP contribution in [-0.4, -0.2) is 47.7 Å². The number of nitrogens with one attached hydrogen (secondary N) is 2. The van der Waals surface area contributed by atoms with Gasteiger partial charge in [0, 0.05) is 30.4 Å². The molecule has 1 aliphatic carbocycles. The molecule has 0 radical (unpaired) electrons. The maximum Gasteiger partial charge on any atom is 0.412 e. The van der Waals surface area contributed by atoms with Crippen molar-refractivity contribution in [2.75, 3.05) is 25.5 Å². The van der Waals surface area contributed by atoms with Crippen LogP contribution < -0.4 is 16.2 Å². The Bertz CT molecular complexity index is 1220. The number of benzene rings is 1. The molecule has 12 heteroatoms. The summed E-state index contributed by atoms with van der Waals surface area (Å²) in [5, 5.41) is 5.57. The molecule has 1 saturated carbocycles. The van der Waals surface area contributed by atoms with Gasteiger partial charge in [-0.15, -0.1) is 0 Å². The summed E-state index contributed by atoms with van der Waals surface area (Å²) in [6.45, 7) is 1.04. The number of piperidine rings is 1. The molecule has 2 aliphatic rings. The SMILES string of the molecule is CN1CCC(Nc2cc(=O)n(C3(C(F)(F)F)CCCC3)cc2C(=O)NCc2cccc(C(F)F)c2F)CC1. The lowest BCUT2D eigenvalue weighted by atomic mass is 9.95. The molecule has 6 nitrogen and oxygen atoms in total. The first-order valence-corrected chi connectivity index (χ1v) is 12.6. The number of amides is 1. The molecule has 2 aromatic rings. The molecular weight excluding hydrogens is 514 g/mol. The monoisotopic (exact) mass is 544 g/mol. The Morgan fingerprint density at radius 3 is 2.42 bits per heavy atom. The summed E-state index contributed by atoms with van der Waals surface area (Å²) in [6, 6.07) is 4.29. The zero-order chi connectivity index (χ0) is 27.7. The van der Waals surface area contributed by atoms with E-state index in [2.05, 4.69) is 15.5 Å². The molecular formula is C26H30F6N4O2. The zero-order valence-electron chi connectivity index (χ0n) is 20.9. The number of nitrogens with zero attached hydrogens (tertiary/aromatic N) is 2. The second-order valence-electron chi connectivity index (χ2n) is 10.1. The fourth-order valence-corrected chi connectivity index (χ4v) is 5.34. The van der Waals surface area contributed by atoms with Gasteiger partial charge in [0.2, 0.25) is 0 Å². The maximum absolute atomic E-state index is 14.5. The number of carbonyl (C=O) groups is 1. The van der Waals surface area contributed by atoms with E-state index in [4.69, 9.17) is 0 Å². The third-order valence-corrected chi connectivity index (χ3v) is 7.58. The minimum atomic E-state index is -4.72. The molecule has 1 amide bonds. The molecule has 208 valence electrons. The summed E-state index contributed by atoms with van der Waals surface area (Å²) >= 11 is 0. The zero-order valence-corrected chi connectivity index (χ0v) is 20.9. The molecule has 38 heavy (non-hydrogen) atoms. The minimum Gasteiger partial charge on any atom is -0.381 e. The van der Waals surface area contributed by atoms with E-state index in [1.807, 2.05) is 7.05 Å². The Morgan fingerprint density at radius 1 is 1.16 bits per heavy atom. The second-order valence-corrected chi connectivity index (χ2v) is 10.1. The van der Waals surface area contributed by atoms with E-state index in [0.29, 0.717) is 17.4 Å². The van der Waals surface area contributed by atoms with Crippen molar-refractivity contribution >= 4 is 11.6 Å². The molecule has 2 fully saturated rings. The molecule has 0 spiro atoms. The topological polar surface area (TPSA) is 66.4 Å². The van der Waals surface area contributed by atoms with Crippen molar-refractivity contribution in [1.82, 2.24) is 14.8 Å². The molecule has 2 heterocycles. The van der Waals surface area contributed by atoms with E-state index >= 15 is 0 Å². The van der Waals surface area contributed by atoms with Gasteiger partial charge in [0.15, 0.2) is 0 Å². The molecule has 2 N–H and O–H groups in total. The van der Waals surface area contributed by atoms with Gasteiger partial charge in [-0.3, -0.25) is 14.2 Å². The van der Waals surface area contributed by atoms with Crippen LogP contribution in [-0.2, 0) is 12.1 Å². The van der Waals surface area contributed by atoms with E-state index in [1.54, 1.807) is 0 Å². The molecule has 0 unspecified atom stereocenters. The van der Waals surface area contributed by atoms with Crippen LogP contribution in [0.4, 0.5) is 32.0 Å². The highest BCUT2D eigenvalue weighted by Crippen LogP contribution is 2.48. The van der Waals surface area contributed by atoms with Crippen molar-refractivity contribution in [2.24, 2.45) is 0 Å². The van der Waals surface area contributed by atoms with Crippen LogP contribution in [0.25, 0.3) is 0 Å². The van der Waals surface area contributed by atoms with E-state index in [1.165, 1.54) is 12.1 Å². The Hall–Kier alpha value is -3.02. The van der Waals surface area contributed by atoms with Gasteiger partial charge in [-0.05, 0) is 45.8 Å². The summed E-state index contributed by atoms with van der Waals surface area (Å²) in [5.74, 6) is -2.02. The highest BCUT2D eigenvalue weighted by atomic mass is 19.4. The first-order valence-electron chi connectivity index (χ1n) is 12.6. The van der Waals surface area contributed by atoms with E-state index in [0.717, 1.165) is 31.4 Å². The van der Waals surface area contributed by atoms with Crippen molar-refractivity contribution in [3.8, 4) is 0 Å². The van der Waals surface area contributed by atoms with Crippen LogP contribution in [0.5, 0.6) is 0 Å². The predicted octanol–water partition coefficient (Wildman–Crippen LogP) is 5.19. The quantitative estimate of drug-likeness (QED) is 0.471. The Balaban J connectivity index is 1.69. The van der Waals surface area contributed by atoms with Gasteiger partial charge in [-0.1, -0.05) is 31.0 Å². The predicted molar refractivity (Wildman–Crippen MR) is 130 cm³/mol. The molecule has 0 atom stereocenters. The molecule has 0 bridgehead atoms. The van der Waals surface area contributed by atoms with Crippen molar-refractivity contribution < 1.29 is 31.1 Å². The highest BCUT2D eigenvalue weighted by Gasteiger charge is 2.57. The van der Waals surface area contributed by atoms with Crippen molar-refractivity contribution in [3.05, 3.63) is 63.3 Å². The standard InChI is InChI=1S/C26H30F6N4O2/c1-35-11-7-17(8-12-35)34-20-13-21(37)36(25(26(30,31)32)9-2-3-10-25)15-19(20)24(38)33-14-16-5-4-6-18(22(16)27)23(28)29/h4-6,13,15,17,23,34H,2-3,7-12,14H2,1H3,(H,33,38). The summed E-state index contributed by atoms with van der Waals surface area (Å²) in [4.78, 5) is 28.4. The Labute approximate surface area is 216 Å². The molecule has 1 aliphatic heterocycles. The molecule has 1 aromatic carbocycles. The largest absolute Gasteiger partial charge is 0.412 e. The summed E-state index contributed by atoms with van der Waals surface area (Å²) < 4.78 is 84.0. The average Bonchev–Trinajstić information content (AvgIpc) is 3.36. The normalized spacial score (nSPS) is 18.6. The molecule has 1 aromatic heterocycles. The van der Waals surface area contributed by atoms with Gasteiger partial charge in [0.1, 0.15) is 11.4 Å². The van der Waals surface area contributed by atoms with Crippen molar-refractivity contribution in [2.45, 2.75) is 69.3 Å². The number of aromatic nitrogens is 1. The van der Waals surface area contributed by atoms with Gasteiger partial charge in [-0.25, -0.2) is 13.2 Å². The van der Waals surface area contributed by atoms with E-state index in [9.17, 15) is 35.9 Å². The lowest BCUT2D eigenvalue weighted by Crippen LogP contribution is -2.50. The fourth-order valence-electron chi connectivity index (χ4n) is 5.34. The van der Waals surface area contributed by atoms with Gasteiger partial charge in [0.05, 0.1) is 16.8 Å². The first-order chi connectivity index (χ1) is 17.9. The third-order valence-electron chi connectivity index (χ3n) is 7.58. The Morgan fingerprint density at radius 2 is 1.82 bits per heavy atom. The number of pyridine rings is 1. The number of likely N-dealkylation sites (tertiary alicyclic amines) is 1. The van der Waals surface area contributed by atoms with E-state index < -0.39 is 47.5 Å². The van der Waals surface area contributed by atoms with Crippen LogP contribution in [0.3, 0.4) is 0 Å². The maximum atomic E-state index is 14.5. The minimum absolute atomic E-state index is 0.0791. The number of alkyl halides is 5. The third kappa shape index (κ3) is 5.55. The second kappa shape index (κ2) is 11.0. The average molecular weight is 545 g/mol. The molecule has 4 rings (SSSR count).